The number of nitriles is 1. The molecule has 0 saturated carbocycles. The summed E-state index contributed by atoms with van der Waals surface area (Å²) in [7, 11) is 1.28. The minimum Gasteiger partial charge on any atom is -0.488 e. The molecule has 0 aliphatic heterocycles. The molecule has 1 heterocycles. The average Bonchev–Trinajstić information content (AvgIpc) is 2.65. The third kappa shape index (κ3) is 3.62. The molecule has 0 aliphatic carbocycles. The SMILES string of the molecule is COC(=O)c1cc(OCc2ccccc2)c2cc(Br)cc(C#N)c2n1. The third-order valence-corrected chi connectivity index (χ3v) is 4.05. The Bertz CT molecular complexity index is 981. The maximum Gasteiger partial charge on any atom is 0.356 e. The molecule has 0 aliphatic rings. The number of carbonyl (C=O) groups excluding carboxylic acids is 1. The third-order valence-electron chi connectivity index (χ3n) is 3.59. The Kier molecular flexibility index (Phi) is 4.96. The molecule has 3 rings (SSSR count). The van der Waals surface area contributed by atoms with E-state index in [1.807, 2.05) is 36.4 Å². The van der Waals surface area contributed by atoms with Crippen LogP contribution in [0.15, 0.2) is 53.0 Å². The Balaban J connectivity index is 2.12. The highest BCUT2D eigenvalue weighted by Gasteiger charge is 2.16. The molecule has 0 atom stereocenters. The van der Waals surface area contributed by atoms with Crippen molar-refractivity contribution >= 4 is 32.8 Å². The van der Waals surface area contributed by atoms with Crippen LogP contribution in [0.2, 0.25) is 0 Å². The molecule has 2 aromatic carbocycles. The maximum absolute atomic E-state index is 11.9. The molecule has 0 spiro atoms. The van der Waals surface area contributed by atoms with E-state index in [1.54, 1.807) is 6.07 Å². The molecule has 1 aromatic heterocycles. The molecular weight excluding hydrogens is 384 g/mol. The topological polar surface area (TPSA) is 72.2 Å². The molecule has 0 fully saturated rings. The van der Waals surface area contributed by atoms with Gasteiger partial charge >= 0.3 is 5.97 Å². The van der Waals surface area contributed by atoms with Crippen LogP contribution in [0.25, 0.3) is 10.9 Å². The molecule has 0 saturated heterocycles. The molecule has 0 N–H and O–H groups in total. The van der Waals surface area contributed by atoms with Gasteiger partial charge in [0.25, 0.3) is 0 Å². The zero-order valence-corrected chi connectivity index (χ0v) is 14.9. The van der Waals surface area contributed by atoms with Crippen molar-refractivity contribution in [3.8, 4) is 11.8 Å². The van der Waals surface area contributed by atoms with Crippen LogP contribution in [-0.4, -0.2) is 18.1 Å². The van der Waals surface area contributed by atoms with E-state index in [1.165, 1.54) is 13.2 Å². The fourth-order valence-electron chi connectivity index (χ4n) is 2.41. The highest BCUT2D eigenvalue weighted by atomic mass is 79.9. The van der Waals surface area contributed by atoms with Crippen molar-refractivity contribution in [2.75, 3.05) is 7.11 Å². The van der Waals surface area contributed by atoms with E-state index < -0.39 is 5.97 Å². The van der Waals surface area contributed by atoms with Gasteiger partial charge in [0, 0.05) is 15.9 Å². The van der Waals surface area contributed by atoms with E-state index in [-0.39, 0.29) is 5.69 Å². The van der Waals surface area contributed by atoms with Crippen LogP contribution in [0.5, 0.6) is 5.75 Å². The van der Waals surface area contributed by atoms with Crippen molar-refractivity contribution in [2.45, 2.75) is 6.61 Å². The number of halogens is 1. The van der Waals surface area contributed by atoms with E-state index in [4.69, 9.17) is 9.47 Å². The number of methoxy groups -OCH3 is 1. The Labute approximate surface area is 152 Å². The molecule has 0 radical (unpaired) electrons. The summed E-state index contributed by atoms with van der Waals surface area (Å²) in [5.41, 5.74) is 1.83. The number of benzene rings is 2. The molecule has 5 nitrogen and oxygen atoms in total. The second-order valence-corrected chi connectivity index (χ2v) is 6.15. The Morgan fingerprint density at radius 3 is 2.68 bits per heavy atom. The van der Waals surface area contributed by atoms with Crippen molar-refractivity contribution in [1.29, 1.82) is 5.26 Å². The van der Waals surface area contributed by atoms with Crippen molar-refractivity contribution in [1.82, 2.24) is 4.98 Å². The lowest BCUT2D eigenvalue weighted by atomic mass is 10.1. The van der Waals surface area contributed by atoms with Gasteiger partial charge in [-0.1, -0.05) is 46.3 Å². The lowest BCUT2D eigenvalue weighted by Gasteiger charge is -2.12. The number of hydrogen-bond donors (Lipinski definition) is 0. The lowest BCUT2D eigenvalue weighted by Crippen LogP contribution is -2.06. The minimum atomic E-state index is -0.585. The predicted molar refractivity (Wildman–Crippen MR) is 96.3 cm³/mol. The van der Waals surface area contributed by atoms with Crippen LogP contribution in [0.1, 0.15) is 21.6 Å². The van der Waals surface area contributed by atoms with Crippen molar-refractivity contribution in [2.24, 2.45) is 0 Å². The first-order chi connectivity index (χ1) is 12.1. The number of carbonyl (C=O) groups is 1. The smallest absolute Gasteiger partial charge is 0.356 e. The molecule has 0 unspecified atom stereocenters. The van der Waals surface area contributed by atoms with Crippen LogP contribution < -0.4 is 4.74 Å². The Hall–Kier alpha value is -2.91. The van der Waals surface area contributed by atoms with E-state index in [2.05, 4.69) is 27.0 Å². The van der Waals surface area contributed by atoms with Gasteiger partial charge in [0.15, 0.2) is 5.69 Å². The fourth-order valence-corrected chi connectivity index (χ4v) is 2.87. The highest BCUT2D eigenvalue weighted by molar-refractivity contribution is 9.10. The van der Waals surface area contributed by atoms with Crippen LogP contribution in [-0.2, 0) is 11.3 Å². The second-order valence-electron chi connectivity index (χ2n) is 5.23. The predicted octanol–water partition coefficient (Wildman–Crippen LogP) is 4.23. The standard InChI is InChI=1S/C19H13BrN2O3/c1-24-19(23)16-9-17(25-11-12-5-3-2-4-6-12)15-8-14(20)7-13(10-21)18(15)22-16/h2-9H,11H2,1H3. The van der Waals surface area contributed by atoms with Crippen molar-refractivity contribution in [3.05, 3.63) is 69.8 Å². The molecule has 6 heteroatoms. The number of rotatable bonds is 4. The van der Waals surface area contributed by atoms with Gasteiger partial charge in [-0.3, -0.25) is 0 Å². The quantitative estimate of drug-likeness (QED) is 0.616. The first-order valence-corrected chi connectivity index (χ1v) is 8.21. The highest BCUT2D eigenvalue weighted by Crippen LogP contribution is 2.31. The van der Waals surface area contributed by atoms with Crippen LogP contribution in [0, 0.1) is 11.3 Å². The van der Waals surface area contributed by atoms with Gasteiger partial charge in [-0.05, 0) is 17.7 Å². The number of nitrogens with zero attached hydrogens (tertiary/aromatic N) is 2. The number of esters is 1. The number of pyridine rings is 1. The molecule has 3 aromatic rings. The Morgan fingerprint density at radius 2 is 2.00 bits per heavy atom. The van der Waals surface area contributed by atoms with Crippen LogP contribution in [0.4, 0.5) is 0 Å². The maximum atomic E-state index is 11.9. The number of hydrogen-bond acceptors (Lipinski definition) is 5. The number of fused-ring (bicyclic) bond motifs is 1. The van der Waals surface area contributed by atoms with Gasteiger partial charge in [0.1, 0.15) is 18.4 Å². The number of ether oxygens (including phenoxy) is 2. The summed E-state index contributed by atoms with van der Waals surface area (Å²) in [4.78, 5) is 16.2. The van der Waals surface area contributed by atoms with Crippen molar-refractivity contribution < 1.29 is 14.3 Å². The summed E-state index contributed by atoms with van der Waals surface area (Å²) in [5, 5.41) is 10.0. The molecule has 25 heavy (non-hydrogen) atoms. The van der Waals surface area contributed by atoms with E-state index in [0.717, 1.165) is 10.0 Å². The van der Waals surface area contributed by atoms with Gasteiger partial charge in [-0.25, -0.2) is 9.78 Å². The van der Waals surface area contributed by atoms with E-state index in [9.17, 15) is 10.1 Å². The summed E-state index contributed by atoms with van der Waals surface area (Å²) in [6.45, 7) is 0.328. The first kappa shape index (κ1) is 16.9. The van der Waals surface area contributed by atoms with Crippen LogP contribution in [0.3, 0.4) is 0 Å². The average molecular weight is 397 g/mol. The zero-order valence-electron chi connectivity index (χ0n) is 13.3. The molecule has 124 valence electrons. The minimum absolute atomic E-state index is 0.0943. The van der Waals surface area contributed by atoms with Gasteiger partial charge in [-0.15, -0.1) is 0 Å². The van der Waals surface area contributed by atoms with Gasteiger partial charge in [0.2, 0.25) is 0 Å². The lowest BCUT2D eigenvalue weighted by molar-refractivity contribution is 0.0594. The molecular formula is C19H13BrN2O3. The summed E-state index contributed by atoms with van der Waals surface area (Å²) >= 11 is 3.39. The van der Waals surface area contributed by atoms with E-state index >= 15 is 0 Å². The van der Waals surface area contributed by atoms with Gasteiger partial charge in [0.05, 0.1) is 18.2 Å². The van der Waals surface area contributed by atoms with Crippen molar-refractivity contribution in [3.63, 3.8) is 0 Å². The van der Waals surface area contributed by atoms with Gasteiger partial charge < -0.3 is 9.47 Å². The monoisotopic (exact) mass is 396 g/mol. The largest absolute Gasteiger partial charge is 0.488 e. The van der Waals surface area contributed by atoms with Crippen LogP contribution >= 0.6 is 15.9 Å². The summed E-state index contributed by atoms with van der Waals surface area (Å²) in [5.74, 6) is -0.120. The molecule has 0 bridgehead atoms. The normalized spacial score (nSPS) is 10.3. The summed E-state index contributed by atoms with van der Waals surface area (Å²) in [6, 6.07) is 16.8. The van der Waals surface area contributed by atoms with Gasteiger partial charge in [-0.2, -0.15) is 5.26 Å². The molecule has 0 amide bonds. The number of aromatic nitrogens is 1. The van der Waals surface area contributed by atoms with E-state index in [0.29, 0.717) is 28.8 Å². The fraction of sp³-hybridized carbons (Fsp3) is 0.105. The first-order valence-electron chi connectivity index (χ1n) is 7.42. The second kappa shape index (κ2) is 7.32. The summed E-state index contributed by atoms with van der Waals surface area (Å²) in [6.07, 6.45) is 0. The summed E-state index contributed by atoms with van der Waals surface area (Å²) < 4.78 is 11.4. The Morgan fingerprint density at radius 1 is 1.24 bits per heavy atom. The zero-order chi connectivity index (χ0) is 17.8.